The van der Waals surface area contributed by atoms with Crippen LogP contribution in [0, 0.1) is 0 Å². The Morgan fingerprint density at radius 3 is 1.56 bits per heavy atom. The van der Waals surface area contributed by atoms with Crippen LogP contribution in [0.4, 0.5) is 0 Å². The smallest absolute Gasteiger partial charge is 0.134 e. The van der Waals surface area contributed by atoms with Gasteiger partial charge in [-0.15, -0.1) is 0 Å². The summed E-state index contributed by atoms with van der Waals surface area (Å²) in [5, 5.41) is 12.4. The maximum absolute atomic E-state index is 12.4. The van der Waals surface area contributed by atoms with E-state index in [2.05, 4.69) is 29.2 Å². The number of likely N-dealkylation sites (tertiary alicyclic amines) is 1. The van der Waals surface area contributed by atoms with Crippen molar-refractivity contribution < 1.29 is 5.11 Å². The molecule has 2 heteroatoms. The first-order chi connectivity index (χ1) is 13.3. The van der Waals surface area contributed by atoms with Gasteiger partial charge in [-0.05, 0) is 42.6 Å². The molecule has 0 amide bonds. The average molecular weight is 357 g/mol. The molecule has 1 atom stereocenters. The second-order valence-corrected chi connectivity index (χ2v) is 7.41. The molecule has 1 aliphatic rings. The van der Waals surface area contributed by atoms with Crippen molar-refractivity contribution in [2.75, 3.05) is 13.1 Å². The van der Waals surface area contributed by atoms with Gasteiger partial charge < -0.3 is 5.11 Å². The van der Waals surface area contributed by atoms with Crippen LogP contribution in [0.5, 0.6) is 0 Å². The van der Waals surface area contributed by atoms with Gasteiger partial charge in [0, 0.05) is 0 Å². The van der Waals surface area contributed by atoms with Crippen LogP contribution in [0.1, 0.15) is 42.0 Å². The number of benzene rings is 3. The third kappa shape index (κ3) is 3.55. The van der Waals surface area contributed by atoms with Gasteiger partial charge in [0.15, 0.2) is 0 Å². The molecule has 0 unspecified atom stereocenters. The van der Waals surface area contributed by atoms with Gasteiger partial charge in [0.25, 0.3) is 0 Å². The fraction of sp³-hybridized carbons (Fsp3) is 0.280. The lowest BCUT2D eigenvalue weighted by molar-refractivity contribution is -0.0299. The first-order valence-corrected chi connectivity index (χ1v) is 9.92. The summed E-state index contributed by atoms with van der Waals surface area (Å²) in [5.41, 5.74) is 1.93. The maximum Gasteiger partial charge on any atom is 0.134 e. The summed E-state index contributed by atoms with van der Waals surface area (Å²) >= 11 is 0. The molecule has 1 aliphatic heterocycles. The first kappa shape index (κ1) is 18.0. The highest BCUT2D eigenvalue weighted by Gasteiger charge is 2.44. The van der Waals surface area contributed by atoms with Crippen LogP contribution in [0.15, 0.2) is 91.0 Å². The van der Waals surface area contributed by atoms with E-state index in [-0.39, 0.29) is 6.04 Å². The summed E-state index contributed by atoms with van der Waals surface area (Å²) in [7, 11) is 0. The normalized spacial score (nSPS) is 16.8. The number of nitrogens with zero attached hydrogens (tertiary/aromatic N) is 1. The van der Waals surface area contributed by atoms with Gasteiger partial charge in [0.1, 0.15) is 5.60 Å². The Morgan fingerprint density at radius 1 is 0.630 bits per heavy atom. The lowest BCUT2D eigenvalue weighted by atomic mass is 9.76. The third-order valence-electron chi connectivity index (χ3n) is 5.69. The van der Waals surface area contributed by atoms with Crippen molar-refractivity contribution >= 4 is 0 Å². The second kappa shape index (κ2) is 8.08. The number of hydrogen-bond acceptors (Lipinski definition) is 2. The molecule has 27 heavy (non-hydrogen) atoms. The Balaban J connectivity index is 1.91. The lowest BCUT2D eigenvalue weighted by Crippen LogP contribution is -2.47. The molecule has 0 aliphatic carbocycles. The number of rotatable bonds is 5. The molecular formula is C25H27NO. The highest BCUT2D eigenvalue weighted by atomic mass is 16.3. The largest absolute Gasteiger partial charge is 0.378 e. The van der Waals surface area contributed by atoms with E-state index in [9.17, 15) is 5.11 Å². The van der Waals surface area contributed by atoms with Crippen LogP contribution < -0.4 is 0 Å². The van der Waals surface area contributed by atoms with E-state index >= 15 is 0 Å². The standard InChI is InChI=1S/C25H27NO/c27-25(22-15-7-2-8-16-22,23-17-9-3-10-18-23)24(21-13-5-1-6-14-21)26-19-11-4-12-20-26/h1-3,5-10,13-18,24,27H,4,11-12,19-20H2/t24-/m0/s1. The molecule has 138 valence electrons. The van der Waals surface area contributed by atoms with Gasteiger partial charge in [0.05, 0.1) is 6.04 Å². The summed E-state index contributed by atoms with van der Waals surface area (Å²) < 4.78 is 0. The molecule has 2 nitrogen and oxygen atoms in total. The van der Waals surface area contributed by atoms with E-state index in [4.69, 9.17) is 0 Å². The van der Waals surface area contributed by atoms with Crippen molar-refractivity contribution in [3.63, 3.8) is 0 Å². The number of hydrogen-bond donors (Lipinski definition) is 1. The SMILES string of the molecule is OC(c1ccccc1)(c1ccccc1)[C@H](c1ccccc1)N1CCCCC1. The quantitative estimate of drug-likeness (QED) is 0.682. The third-order valence-corrected chi connectivity index (χ3v) is 5.69. The zero-order valence-electron chi connectivity index (χ0n) is 15.7. The summed E-state index contributed by atoms with van der Waals surface area (Å²) in [6.07, 6.45) is 3.64. The molecule has 0 saturated carbocycles. The van der Waals surface area contributed by atoms with Crippen LogP contribution in [0.2, 0.25) is 0 Å². The molecule has 0 radical (unpaired) electrons. The Bertz CT molecular complexity index is 786. The van der Waals surface area contributed by atoms with E-state index in [1.54, 1.807) is 0 Å². The minimum Gasteiger partial charge on any atom is -0.378 e. The number of aliphatic hydroxyl groups is 1. The topological polar surface area (TPSA) is 23.5 Å². The van der Waals surface area contributed by atoms with Crippen molar-refractivity contribution in [1.29, 1.82) is 0 Å². The average Bonchev–Trinajstić information content (AvgIpc) is 2.76. The molecule has 1 heterocycles. The van der Waals surface area contributed by atoms with Crippen molar-refractivity contribution in [2.24, 2.45) is 0 Å². The van der Waals surface area contributed by atoms with Crippen LogP contribution in [0.3, 0.4) is 0 Å². The van der Waals surface area contributed by atoms with Crippen molar-refractivity contribution in [2.45, 2.75) is 30.9 Å². The fourth-order valence-corrected chi connectivity index (χ4v) is 4.40. The summed E-state index contributed by atoms with van der Waals surface area (Å²) in [5.74, 6) is 0. The number of piperidine rings is 1. The molecule has 1 saturated heterocycles. The Morgan fingerprint density at radius 2 is 1.07 bits per heavy atom. The predicted octanol–water partition coefficient (Wildman–Crippen LogP) is 5.15. The zero-order chi connectivity index (χ0) is 18.5. The molecule has 0 aromatic heterocycles. The highest BCUT2D eigenvalue weighted by molar-refractivity contribution is 5.41. The Hall–Kier alpha value is -2.42. The van der Waals surface area contributed by atoms with E-state index < -0.39 is 5.60 Å². The minimum atomic E-state index is -1.11. The van der Waals surface area contributed by atoms with E-state index in [1.165, 1.54) is 19.3 Å². The molecule has 3 aromatic carbocycles. The summed E-state index contributed by atoms with van der Waals surface area (Å²) in [6.45, 7) is 2.03. The van der Waals surface area contributed by atoms with Gasteiger partial charge in [0.2, 0.25) is 0 Å². The van der Waals surface area contributed by atoms with Gasteiger partial charge in [-0.25, -0.2) is 0 Å². The van der Waals surface area contributed by atoms with Crippen molar-refractivity contribution in [3.8, 4) is 0 Å². The molecule has 4 rings (SSSR count). The lowest BCUT2D eigenvalue weighted by Gasteiger charge is -2.45. The Labute approximate surface area is 162 Å². The van der Waals surface area contributed by atoms with Crippen LogP contribution >= 0.6 is 0 Å². The Kier molecular flexibility index (Phi) is 5.38. The zero-order valence-corrected chi connectivity index (χ0v) is 15.7. The summed E-state index contributed by atoms with van der Waals surface area (Å²) in [6, 6.07) is 30.6. The van der Waals surface area contributed by atoms with E-state index in [1.807, 2.05) is 66.7 Å². The molecule has 1 N–H and O–H groups in total. The summed E-state index contributed by atoms with van der Waals surface area (Å²) in [4.78, 5) is 2.47. The van der Waals surface area contributed by atoms with Gasteiger partial charge in [-0.2, -0.15) is 0 Å². The first-order valence-electron chi connectivity index (χ1n) is 9.92. The van der Waals surface area contributed by atoms with E-state index in [0.717, 1.165) is 29.8 Å². The molecule has 0 bridgehead atoms. The van der Waals surface area contributed by atoms with Crippen LogP contribution in [-0.2, 0) is 5.60 Å². The van der Waals surface area contributed by atoms with Gasteiger partial charge in [-0.1, -0.05) is 97.4 Å². The maximum atomic E-state index is 12.4. The van der Waals surface area contributed by atoms with Crippen LogP contribution in [-0.4, -0.2) is 23.1 Å². The van der Waals surface area contributed by atoms with Crippen LogP contribution in [0.25, 0.3) is 0 Å². The van der Waals surface area contributed by atoms with Gasteiger partial charge >= 0.3 is 0 Å². The molecule has 3 aromatic rings. The fourth-order valence-electron chi connectivity index (χ4n) is 4.40. The molecular weight excluding hydrogens is 330 g/mol. The van der Waals surface area contributed by atoms with Gasteiger partial charge in [-0.3, -0.25) is 4.90 Å². The monoisotopic (exact) mass is 357 g/mol. The molecule has 1 fully saturated rings. The van der Waals surface area contributed by atoms with Crippen molar-refractivity contribution in [1.82, 2.24) is 4.90 Å². The van der Waals surface area contributed by atoms with Crippen molar-refractivity contribution in [3.05, 3.63) is 108 Å². The van der Waals surface area contributed by atoms with E-state index in [0.29, 0.717) is 0 Å². The minimum absolute atomic E-state index is 0.121. The second-order valence-electron chi connectivity index (χ2n) is 7.41. The molecule has 0 spiro atoms. The highest BCUT2D eigenvalue weighted by Crippen LogP contribution is 2.45. The predicted molar refractivity (Wildman–Crippen MR) is 110 cm³/mol.